The minimum atomic E-state index is -1.42. The zero-order valence-corrected chi connectivity index (χ0v) is 7.04. The number of rotatable bonds is 5. The fourth-order valence-electron chi connectivity index (χ4n) is 0.640. The maximum absolute atomic E-state index is 5.36. The molecule has 0 fully saturated rings. The van der Waals surface area contributed by atoms with Crippen molar-refractivity contribution in [2.45, 2.75) is 25.5 Å². The molecule has 0 heterocycles. The lowest BCUT2D eigenvalue weighted by Crippen LogP contribution is -2.54. The Morgan fingerprint density at radius 2 is 1.64 bits per heavy atom. The monoisotopic (exact) mass is 153 g/mol. The van der Waals surface area contributed by atoms with Crippen molar-refractivity contribution in [3.05, 3.63) is 0 Å². The molecule has 0 aliphatic carbocycles. The third-order valence-electron chi connectivity index (χ3n) is 1.04. The van der Waals surface area contributed by atoms with Gasteiger partial charge in [0.1, 0.15) is 0 Å². The standard InChI is InChI=1S/C6H13B2NO2/c1-3-10-5(11-4-2)6(7,8)9/h5H,3-4,9H2,1-2H3. The highest BCUT2D eigenvalue weighted by Gasteiger charge is 2.24. The van der Waals surface area contributed by atoms with Gasteiger partial charge in [0.05, 0.1) is 15.7 Å². The van der Waals surface area contributed by atoms with Crippen molar-refractivity contribution < 1.29 is 9.47 Å². The summed E-state index contributed by atoms with van der Waals surface area (Å²) < 4.78 is 10.1. The second-order valence-corrected chi connectivity index (χ2v) is 2.24. The Labute approximate surface area is 70.4 Å². The second kappa shape index (κ2) is 4.80. The molecule has 0 aliphatic heterocycles. The first-order valence-corrected chi connectivity index (χ1v) is 3.62. The molecule has 0 bridgehead atoms. The molecule has 0 aromatic heterocycles. The Hall–Kier alpha value is 0.00987. The zero-order chi connectivity index (χ0) is 8.91. The van der Waals surface area contributed by atoms with Crippen LogP contribution in [-0.2, 0) is 9.47 Å². The summed E-state index contributed by atoms with van der Waals surface area (Å²) in [5.74, 6) is 0. The van der Waals surface area contributed by atoms with Gasteiger partial charge in [0.15, 0.2) is 6.29 Å². The molecule has 0 saturated carbocycles. The van der Waals surface area contributed by atoms with Gasteiger partial charge in [-0.1, -0.05) is 0 Å². The molecule has 11 heavy (non-hydrogen) atoms. The minimum absolute atomic E-state index is 0.470. The van der Waals surface area contributed by atoms with Crippen LogP contribution in [-0.4, -0.2) is 40.5 Å². The van der Waals surface area contributed by atoms with Crippen LogP contribution in [0.25, 0.3) is 0 Å². The SMILES string of the molecule is [B]C([B])(N)C(OCC)OCC. The summed E-state index contributed by atoms with van der Waals surface area (Å²) in [7, 11) is 10.7. The molecular weight excluding hydrogens is 140 g/mol. The largest absolute Gasteiger partial charge is 0.353 e. The summed E-state index contributed by atoms with van der Waals surface area (Å²) in [5.41, 5.74) is 5.36. The van der Waals surface area contributed by atoms with E-state index < -0.39 is 11.6 Å². The highest BCUT2D eigenvalue weighted by atomic mass is 16.7. The Balaban J connectivity index is 3.88. The van der Waals surface area contributed by atoms with Crippen LogP contribution in [0, 0.1) is 0 Å². The van der Waals surface area contributed by atoms with E-state index in [9.17, 15) is 0 Å². The molecule has 0 amide bonds. The summed E-state index contributed by atoms with van der Waals surface area (Å²) in [6.45, 7) is 4.57. The second-order valence-electron chi connectivity index (χ2n) is 2.24. The van der Waals surface area contributed by atoms with Gasteiger partial charge in [-0.3, -0.25) is 0 Å². The molecule has 0 saturated heterocycles. The van der Waals surface area contributed by atoms with Crippen molar-refractivity contribution in [2.75, 3.05) is 13.2 Å². The van der Waals surface area contributed by atoms with Crippen molar-refractivity contribution in [1.82, 2.24) is 0 Å². The van der Waals surface area contributed by atoms with E-state index in [1.807, 2.05) is 13.8 Å². The van der Waals surface area contributed by atoms with Gasteiger partial charge in [0.2, 0.25) is 0 Å². The zero-order valence-electron chi connectivity index (χ0n) is 7.04. The van der Waals surface area contributed by atoms with E-state index in [4.69, 9.17) is 30.9 Å². The highest BCUT2D eigenvalue weighted by Crippen LogP contribution is 2.04. The van der Waals surface area contributed by atoms with E-state index in [2.05, 4.69) is 0 Å². The van der Waals surface area contributed by atoms with Crippen LogP contribution in [0.3, 0.4) is 0 Å². The Morgan fingerprint density at radius 1 is 1.27 bits per heavy atom. The van der Waals surface area contributed by atoms with Gasteiger partial charge in [-0.05, 0) is 19.2 Å². The van der Waals surface area contributed by atoms with Crippen LogP contribution in [0.1, 0.15) is 13.8 Å². The third-order valence-corrected chi connectivity index (χ3v) is 1.04. The van der Waals surface area contributed by atoms with Crippen LogP contribution < -0.4 is 5.73 Å². The fraction of sp³-hybridized carbons (Fsp3) is 1.00. The van der Waals surface area contributed by atoms with Gasteiger partial charge >= 0.3 is 0 Å². The molecule has 4 radical (unpaired) electrons. The molecule has 0 aromatic rings. The normalized spacial score (nSPS) is 12.4. The van der Waals surface area contributed by atoms with Gasteiger partial charge in [-0.15, -0.1) is 0 Å². The molecular formula is C6H13B2NO2. The summed E-state index contributed by atoms with van der Waals surface area (Å²) >= 11 is 0. The minimum Gasteiger partial charge on any atom is -0.353 e. The van der Waals surface area contributed by atoms with Crippen molar-refractivity contribution >= 4 is 15.7 Å². The predicted molar refractivity (Wildman–Crippen MR) is 45.5 cm³/mol. The number of ether oxygens (including phenoxy) is 2. The Kier molecular flexibility index (Phi) is 4.81. The van der Waals surface area contributed by atoms with Crippen LogP contribution in [0.2, 0.25) is 0 Å². The average Bonchev–Trinajstić information content (AvgIpc) is 1.85. The molecule has 0 unspecified atom stereocenters. The fourth-order valence-corrected chi connectivity index (χ4v) is 0.640. The first-order valence-electron chi connectivity index (χ1n) is 3.62. The summed E-state index contributed by atoms with van der Waals surface area (Å²) in [6, 6.07) is 0. The van der Waals surface area contributed by atoms with E-state index in [-0.39, 0.29) is 0 Å². The molecule has 0 aromatic carbocycles. The van der Waals surface area contributed by atoms with Gasteiger partial charge < -0.3 is 15.2 Å². The smallest absolute Gasteiger partial charge is 0.159 e. The van der Waals surface area contributed by atoms with Crippen LogP contribution in [0.5, 0.6) is 0 Å². The average molecular weight is 153 g/mol. The van der Waals surface area contributed by atoms with E-state index in [0.29, 0.717) is 13.2 Å². The van der Waals surface area contributed by atoms with Crippen LogP contribution in [0.4, 0.5) is 0 Å². The van der Waals surface area contributed by atoms with Crippen molar-refractivity contribution in [2.24, 2.45) is 5.73 Å². The Morgan fingerprint density at radius 3 is 1.82 bits per heavy atom. The topological polar surface area (TPSA) is 44.5 Å². The lowest BCUT2D eigenvalue weighted by atomic mass is 9.62. The van der Waals surface area contributed by atoms with E-state index in [0.717, 1.165) is 0 Å². The van der Waals surface area contributed by atoms with Gasteiger partial charge in [0, 0.05) is 13.2 Å². The summed E-state index contributed by atoms with van der Waals surface area (Å²) in [6.07, 6.45) is -0.738. The summed E-state index contributed by atoms with van der Waals surface area (Å²) in [4.78, 5) is 0. The van der Waals surface area contributed by atoms with E-state index in [1.54, 1.807) is 0 Å². The third kappa shape index (κ3) is 4.45. The summed E-state index contributed by atoms with van der Waals surface area (Å²) in [5, 5.41) is -1.42. The molecule has 0 spiro atoms. The molecule has 60 valence electrons. The molecule has 0 aliphatic rings. The number of nitrogens with two attached hydrogens (primary N) is 1. The lowest BCUT2D eigenvalue weighted by Gasteiger charge is -2.30. The first kappa shape index (κ1) is 11.0. The molecule has 2 N–H and O–H groups in total. The van der Waals surface area contributed by atoms with Gasteiger partial charge in [-0.2, -0.15) is 0 Å². The molecule has 0 rings (SSSR count). The first-order chi connectivity index (χ1) is 5.02. The highest BCUT2D eigenvalue weighted by molar-refractivity contribution is 6.40. The maximum Gasteiger partial charge on any atom is 0.159 e. The van der Waals surface area contributed by atoms with Crippen molar-refractivity contribution in [3.8, 4) is 0 Å². The quantitative estimate of drug-likeness (QED) is 0.420. The van der Waals surface area contributed by atoms with Gasteiger partial charge in [0.25, 0.3) is 0 Å². The van der Waals surface area contributed by atoms with E-state index >= 15 is 0 Å². The maximum atomic E-state index is 5.36. The molecule has 0 atom stereocenters. The lowest BCUT2D eigenvalue weighted by molar-refractivity contribution is -0.143. The van der Waals surface area contributed by atoms with Crippen molar-refractivity contribution in [3.63, 3.8) is 0 Å². The Bertz CT molecular complexity index is 99.2. The van der Waals surface area contributed by atoms with E-state index in [1.165, 1.54) is 0 Å². The molecule has 3 nitrogen and oxygen atoms in total. The predicted octanol–water partition coefficient (Wildman–Crippen LogP) is -0.665. The van der Waals surface area contributed by atoms with Crippen molar-refractivity contribution in [1.29, 1.82) is 0 Å². The van der Waals surface area contributed by atoms with Gasteiger partial charge in [-0.25, -0.2) is 0 Å². The number of hydrogen-bond donors (Lipinski definition) is 1. The van der Waals surface area contributed by atoms with Crippen LogP contribution in [0.15, 0.2) is 0 Å². The van der Waals surface area contributed by atoms with Crippen LogP contribution >= 0.6 is 0 Å². The number of hydrogen-bond acceptors (Lipinski definition) is 3. The molecule has 5 heteroatoms.